The van der Waals surface area contributed by atoms with Gasteiger partial charge in [-0.3, -0.25) is 9.69 Å². The fourth-order valence-corrected chi connectivity index (χ4v) is 4.40. The van der Waals surface area contributed by atoms with Crippen molar-refractivity contribution >= 4 is 34.3 Å². The Hall–Kier alpha value is -2.68. The second kappa shape index (κ2) is 10.8. The molecule has 1 amide bonds. The molecule has 0 aliphatic carbocycles. The number of thioether (sulfide) groups is 1. The molecule has 1 saturated heterocycles. The number of carbonyl (C=O) groups is 1. The SMILES string of the molecule is CN(C)c1ccc(CNC(=O)CSc2nc(CN3CCOCC3)nc3ccccc23)cc1. The Morgan fingerprint density at radius 1 is 1.09 bits per heavy atom. The normalized spacial score (nSPS) is 14.4. The minimum atomic E-state index is -0.0101. The van der Waals surface area contributed by atoms with E-state index < -0.39 is 0 Å². The molecule has 1 aromatic heterocycles. The lowest BCUT2D eigenvalue weighted by atomic mass is 10.2. The zero-order chi connectivity index (χ0) is 22.3. The highest BCUT2D eigenvalue weighted by Crippen LogP contribution is 2.25. The number of fused-ring (bicyclic) bond motifs is 1. The molecule has 0 unspecified atom stereocenters. The number of benzene rings is 2. The van der Waals surface area contributed by atoms with Crippen LogP contribution < -0.4 is 10.2 Å². The van der Waals surface area contributed by atoms with Crippen molar-refractivity contribution in [3.05, 3.63) is 59.9 Å². The number of nitrogens with one attached hydrogen (secondary N) is 1. The third kappa shape index (κ3) is 5.97. The van der Waals surface area contributed by atoms with Crippen molar-refractivity contribution in [2.24, 2.45) is 0 Å². The predicted molar refractivity (Wildman–Crippen MR) is 129 cm³/mol. The second-order valence-electron chi connectivity index (χ2n) is 7.98. The Bertz CT molecular complexity index is 1050. The van der Waals surface area contributed by atoms with Gasteiger partial charge in [0.1, 0.15) is 10.9 Å². The first-order valence-electron chi connectivity index (χ1n) is 10.8. The maximum atomic E-state index is 12.5. The van der Waals surface area contributed by atoms with Gasteiger partial charge in [-0.2, -0.15) is 0 Å². The maximum Gasteiger partial charge on any atom is 0.230 e. The minimum Gasteiger partial charge on any atom is -0.379 e. The van der Waals surface area contributed by atoms with Gasteiger partial charge in [-0.05, 0) is 23.8 Å². The van der Waals surface area contributed by atoms with Gasteiger partial charge < -0.3 is 15.0 Å². The Balaban J connectivity index is 1.38. The first-order valence-corrected chi connectivity index (χ1v) is 11.8. The molecule has 0 radical (unpaired) electrons. The number of hydrogen-bond acceptors (Lipinski definition) is 7. The monoisotopic (exact) mass is 451 g/mol. The molecule has 0 bridgehead atoms. The summed E-state index contributed by atoms with van der Waals surface area (Å²) in [5.74, 6) is 1.09. The molecule has 0 atom stereocenters. The Morgan fingerprint density at radius 2 is 1.84 bits per heavy atom. The fourth-order valence-electron chi connectivity index (χ4n) is 3.53. The Labute approximate surface area is 193 Å². The molecule has 8 heteroatoms. The number of hydrogen-bond donors (Lipinski definition) is 1. The number of ether oxygens (including phenoxy) is 1. The van der Waals surface area contributed by atoms with E-state index in [-0.39, 0.29) is 5.91 Å². The predicted octanol–water partition coefficient (Wildman–Crippen LogP) is 2.94. The van der Waals surface area contributed by atoms with Crippen LogP contribution in [-0.4, -0.2) is 66.9 Å². The van der Waals surface area contributed by atoms with E-state index in [0.29, 0.717) is 18.8 Å². The minimum absolute atomic E-state index is 0.0101. The van der Waals surface area contributed by atoms with Gasteiger partial charge in [0.25, 0.3) is 0 Å². The van der Waals surface area contributed by atoms with Crippen molar-refractivity contribution in [1.29, 1.82) is 0 Å². The van der Waals surface area contributed by atoms with Gasteiger partial charge in [0.2, 0.25) is 5.91 Å². The molecule has 4 rings (SSSR count). The van der Waals surface area contributed by atoms with Gasteiger partial charge in [0.05, 0.1) is 31.0 Å². The molecular formula is C24H29N5O2S. The van der Waals surface area contributed by atoms with Crippen LogP contribution in [0.25, 0.3) is 10.9 Å². The molecule has 168 valence electrons. The van der Waals surface area contributed by atoms with E-state index in [2.05, 4.69) is 27.2 Å². The smallest absolute Gasteiger partial charge is 0.230 e. The lowest BCUT2D eigenvalue weighted by molar-refractivity contribution is -0.118. The first-order chi connectivity index (χ1) is 15.6. The summed E-state index contributed by atoms with van der Waals surface area (Å²) in [7, 11) is 4.02. The molecule has 1 fully saturated rings. The zero-order valence-corrected chi connectivity index (χ0v) is 19.4. The Morgan fingerprint density at radius 3 is 2.59 bits per heavy atom. The average molecular weight is 452 g/mol. The number of nitrogens with zero attached hydrogens (tertiary/aromatic N) is 4. The van der Waals surface area contributed by atoms with Crippen LogP contribution in [0.4, 0.5) is 5.69 Å². The van der Waals surface area contributed by atoms with Crippen LogP contribution in [0, 0.1) is 0 Å². The van der Waals surface area contributed by atoms with E-state index in [1.165, 1.54) is 11.8 Å². The van der Waals surface area contributed by atoms with Crippen molar-refractivity contribution in [3.8, 4) is 0 Å². The maximum absolute atomic E-state index is 12.5. The highest BCUT2D eigenvalue weighted by atomic mass is 32.2. The van der Waals surface area contributed by atoms with E-state index in [4.69, 9.17) is 14.7 Å². The van der Waals surface area contributed by atoms with Gasteiger partial charge in [0, 0.05) is 44.8 Å². The second-order valence-corrected chi connectivity index (χ2v) is 8.94. The van der Waals surface area contributed by atoms with Crippen molar-refractivity contribution in [3.63, 3.8) is 0 Å². The molecule has 1 N–H and O–H groups in total. The number of morpholine rings is 1. The van der Waals surface area contributed by atoms with Crippen LogP contribution in [0.5, 0.6) is 0 Å². The quantitative estimate of drug-likeness (QED) is 0.417. The standard InChI is InChI=1S/C24H29N5O2S/c1-28(2)19-9-7-18(8-10-19)15-25-23(30)17-32-24-20-5-3-4-6-21(20)26-22(27-24)16-29-11-13-31-14-12-29/h3-10H,11-17H2,1-2H3,(H,25,30). The molecule has 1 aliphatic heterocycles. The summed E-state index contributed by atoms with van der Waals surface area (Å²) in [6.07, 6.45) is 0. The molecular weight excluding hydrogens is 422 g/mol. The lowest BCUT2D eigenvalue weighted by Crippen LogP contribution is -2.36. The lowest BCUT2D eigenvalue weighted by Gasteiger charge is -2.25. The topological polar surface area (TPSA) is 70.6 Å². The molecule has 2 aromatic carbocycles. The summed E-state index contributed by atoms with van der Waals surface area (Å²) in [5.41, 5.74) is 3.13. The number of amides is 1. The average Bonchev–Trinajstić information content (AvgIpc) is 2.82. The van der Waals surface area contributed by atoms with Gasteiger partial charge in [-0.15, -0.1) is 0 Å². The number of rotatable bonds is 8. The number of anilines is 1. The first kappa shape index (κ1) is 22.5. The van der Waals surface area contributed by atoms with Crippen molar-refractivity contribution in [1.82, 2.24) is 20.2 Å². The van der Waals surface area contributed by atoms with Crippen molar-refractivity contribution in [2.75, 3.05) is 51.1 Å². The molecule has 32 heavy (non-hydrogen) atoms. The van der Waals surface area contributed by atoms with Crippen LogP contribution in [0.3, 0.4) is 0 Å². The number of carbonyl (C=O) groups excluding carboxylic acids is 1. The third-order valence-corrected chi connectivity index (χ3v) is 6.36. The largest absolute Gasteiger partial charge is 0.379 e. The van der Waals surface area contributed by atoms with Gasteiger partial charge in [0.15, 0.2) is 0 Å². The highest BCUT2D eigenvalue weighted by molar-refractivity contribution is 8.00. The molecule has 1 aliphatic rings. The van der Waals surface area contributed by atoms with E-state index >= 15 is 0 Å². The summed E-state index contributed by atoms with van der Waals surface area (Å²) in [6.45, 7) is 4.46. The van der Waals surface area contributed by atoms with Gasteiger partial charge >= 0.3 is 0 Å². The van der Waals surface area contributed by atoms with Crippen LogP contribution in [0.15, 0.2) is 53.6 Å². The van der Waals surface area contributed by atoms with Crippen LogP contribution in [0.1, 0.15) is 11.4 Å². The highest BCUT2D eigenvalue weighted by Gasteiger charge is 2.15. The summed E-state index contributed by atoms with van der Waals surface area (Å²) >= 11 is 1.46. The van der Waals surface area contributed by atoms with Crippen LogP contribution in [-0.2, 0) is 22.6 Å². The van der Waals surface area contributed by atoms with Gasteiger partial charge in [-0.25, -0.2) is 9.97 Å². The molecule has 0 saturated carbocycles. The summed E-state index contributed by atoms with van der Waals surface area (Å²) in [6, 6.07) is 16.2. The van der Waals surface area contributed by atoms with E-state index in [1.54, 1.807) is 0 Å². The summed E-state index contributed by atoms with van der Waals surface area (Å²) < 4.78 is 5.43. The molecule has 3 aromatic rings. The van der Waals surface area contributed by atoms with Crippen LogP contribution in [0.2, 0.25) is 0 Å². The summed E-state index contributed by atoms with van der Waals surface area (Å²) in [4.78, 5) is 26.4. The molecule has 7 nitrogen and oxygen atoms in total. The summed E-state index contributed by atoms with van der Waals surface area (Å²) in [5, 5.41) is 4.84. The third-order valence-electron chi connectivity index (χ3n) is 5.37. The van der Waals surface area contributed by atoms with E-state index in [0.717, 1.165) is 59.3 Å². The van der Waals surface area contributed by atoms with E-state index in [9.17, 15) is 4.79 Å². The van der Waals surface area contributed by atoms with Crippen LogP contribution >= 0.6 is 11.8 Å². The van der Waals surface area contributed by atoms with Gasteiger partial charge in [-0.1, -0.05) is 42.1 Å². The van der Waals surface area contributed by atoms with E-state index in [1.807, 2.05) is 50.5 Å². The molecule has 0 spiro atoms. The Kier molecular flexibility index (Phi) is 7.57. The fraction of sp³-hybridized carbons (Fsp3) is 0.375. The zero-order valence-electron chi connectivity index (χ0n) is 18.6. The molecule has 2 heterocycles. The van der Waals surface area contributed by atoms with Crippen molar-refractivity contribution < 1.29 is 9.53 Å². The number of para-hydroxylation sites is 1. The number of aromatic nitrogens is 2. The van der Waals surface area contributed by atoms with Crippen molar-refractivity contribution in [2.45, 2.75) is 18.1 Å².